The van der Waals surface area contributed by atoms with Crippen molar-refractivity contribution in [2.45, 2.75) is 19.8 Å². The molecule has 1 aromatic carbocycles. The van der Waals surface area contributed by atoms with Crippen LogP contribution in [0.5, 0.6) is 5.75 Å². The molecule has 1 N–H and O–H groups in total. The molecule has 0 bridgehead atoms. The van der Waals surface area contributed by atoms with E-state index in [-0.39, 0.29) is 11.3 Å². The van der Waals surface area contributed by atoms with Crippen molar-refractivity contribution in [3.05, 3.63) is 35.4 Å². The predicted octanol–water partition coefficient (Wildman–Crippen LogP) is 2.64. The molecule has 0 spiro atoms. The normalized spacial score (nSPS) is 10.8. The first-order valence-corrected chi connectivity index (χ1v) is 5.75. The van der Waals surface area contributed by atoms with Gasteiger partial charge in [-0.05, 0) is 30.2 Å². The Bertz CT molecular complexity index is 486. The quantitative estimate of drug-likeness (QED) is 0.374. The van der Waals surface area contributed by atoms with Gasteiger partial charge in [0.2, 0.25) is 0 Å². The van der Waals surface area contributed by atoms with Gasteiger partial charge in [-0.3, -0.25) is 0 Å². The molecule has 0 radical (unpaired) electrons. The summed E-state index contributed by atoms with van der Waals surface area (Å²) in [6.07, 6.45) is 3.09. The first-order valence-electron chi connectivity index (χ1n) is 5.75. The first kappa shape index (κ1) is 13.8. The van der Waals surface area contributed by atoms with E-state index >= 15 is 0 Å². The Morgan fingerprint density at radius 2 is 2.33 bits per heavy atom. The van der Waals surface area contributed by atoms with E-state index in [4.69, 9.17) is 10.00 Å². The van der Waals surface area contributed by atoms with Crippen LogP contribution < -0.4 is 0 Å². The Morgan fingerprint density at radius 1 is 1.56 bits per heavy atom. The van der Waals surface area contributed by atoms with Crippen molar-refractivity contribution >= 4 is 12.0 Å². The molecule has 0 unspecified atom stereocenters. The third-order valence-corrected chi connectivity index (χ3v) is 2.25. The van der Waals surface area contributed by atoms with E-state index in [1.807, 2.05) is 6.92 Å². The third-order valence-electron chi connectivity index (χ3n) is 2.25. The number of nitriles is 1. The fourth-order valence-electron chi connectivity index (χ4n) is 1.31. The topological polar surface area (TPSA) is 70.3 Å². The molecule has 4 nitrogen and oxygen atoms in total. The van der Waals surface area contributed by atoms with Crippen molar-refractivity contribution in [3.63, 3.8) is 0 Å². The lowest BCUT2D eigenvalue weighted by Gasteiger charge is -2.02. The molecule has 0 heterocycles. The standard InChI is InChI=1S/C14H15NO3/c1-2-3-7-18-14(17)12(10-15)8-11-5-4-6-13(16)9-11/h4-6,8-9,16H,2-3,7H2,1H3/b12-8+. The molecule has 0 aliphatic carbocycles. The maximum Gasteiger partial charge on any atom is 0.348 e. The molecular weight excluding hydrogens is 230 g/mol. The van der Waals surface area contributed by atoms with Gasteiger partial charge in [0.05, 0.1) is 6.61 Å². The summed E-state index contributed by atoms with van der Waals surface area (Å²) in [6, 6.07) is 8.12. The van der Waals surface area contributed by atoms with E-state index in [2.05, 4.69) is 0 Å². The number of rotatable bonds is 5. The van der Waals surface area contributed by atoms with Crippen molar-refractivity contribution in [3.8, 4) is 11.8 Å². The van der Waals surface area contributed by atoms with Gasteiger partial charge in [-0.1, -0.05) is 25.5 Å². The van der Waals surface area contributed by atoms with E-state index in [0.29, 0.717) is 12.2 Å². The van der Waals surface area contributed by atoms with E-state index in [9.17, 15) is 9.90 Å². The van der Waals surface area contributed by atoms with Crippen LogP contribution in [0.15, 0.2) is 29.8 Å². The molecule has 0 fully saturated rings. The van der Waals surface area contributed by atoms with Crippen LogP contribution in [0.4, 0.5) is 0 Å². The smallest absolute Gasteiger partial charge is 0.348 e. The molecule has 0 aliphatic rings. The van der Waals surface area contributed by atoms with Crippen molar-refractivity contribution in [1.29, 1.82) is 5.26 Å². The minimum absolute atomic E-state index is 0.0725. The summed E-state index contributed by atoms with van der Waals surface area (Å²) in [6.45, 7) is 2.30. The van der Waals surface area contributed by atoms with Gasteiger partial charge in [-0.25, -0.2) is 4.79 Å². The van der Waals surface area contributed by atoms with Crippen LogP contribution in [-0.2, 0) is 9.53 Å². The van der Waals surface area contributed by atoms with Gasteiger partial charge in [-0.15, -0.1) is 0 Å². The van der Waals surface area contributed by atoms with Gasteiger partial charge < -0.3 is 9.84 Å². The number of unbranched alkanes of at least 4 members (excludes halogenated alkanes) is 1. The summed E-state index contributed by atoms with van der Waals surface area (Å²) < 4.78 is 4.95. The average molecular weight is 245 g/mol. The van der Waals surface area contributed by atoms with Crippen LogP contribution in [0.2, 0.25) is 0 Å². The zero-order valence-corrected chi connectivity index (χ0v) is 10.2. The molecular formula is C14H15NO3. The Kier molecular flexibility index (Phi) is 5.46. The lowest BCUT2D eigenvalue weighted by molar-refractivity contribution is -0.138. The van der Waals surface area contributed by atoms with Gasteiger partial charge in [0.25, 0.3) is 0 Å². The minimum atomic E-state index is -0.630. The molecule has 1 aromatic rings. The summed E-state index contributed by atoms with van der Waals surface area (Å²) in [5.74, 6) is -0.547. The molecule has 0 saturated carbocycles. The maximum absolute atomic E-state index is 11.6. The average Bonchev–Trinajstić information content (AvgIpc) is 2.36. The SMILES string of the molecule is CCCCOC(=O)/C(C#N)=C/c1cccc(O)c1. The fraction of sp³-hybridized carbons (Fsp3) is 0.286. The Hall–Kier alpha value is -2.28. The Morgan fingerprint density at radius 3 is 2.94 bits per heavy atom. The van der Waals surface area contributed by atoms with Crippen molar-refractivity contribution in [2.75, 3.05) is 6.61 Å². The van der Waals surface area contributed by atoms with Gasteiger partial charge in [0, 0.05) is 0 Å². The molecule has 0 atom stereocenters. The lowest BCUT2D eigenvalue weighted by atomic mass is 10.1. The van der Waals surface area contributed by atoms with Crippen LogP contribution in [0.1, 0.15) is 25.3 Å². The van der Waals surface area contributed by atoms with Crippen LogP contribution >= 0.6 is 0 Å². The summed E-state index contributed by atoms with van der Waals surface area (Å²) in [4.78, 5) is 11.6. The number of carbonyl (C=O) groups is 1. The van der Waals surface area contributed by atoms with E-state index < -0.39 is 5.97 Å². The Balaban J connectivity index is 2.77. The molecule has 0 saturated heterocycles. The number of phenolic OH excluding ortho intramolecular Hbond substituents is 1. The number of benzene rings is 1. The minimum Gasteiger partial charge on any atom is -0.508 e. The highest BCUT2D eigenvalue weighted by atomic mass is 16.5. The van der Waals surface area contributed by atoms with Crippen molar-refractivity contribution in [1.82, 2.24) is 0 Å². The van der Waals surface area contributed by atoms with Crippen LogP contribution in [0, 0.1) is 11.3 Å². The second kappa shape index (κ2) is 7.13. The molecule has 94 valence electrons. The largest absolute Gasteiger partial charge is 0.508 e. The zero-order valence-electron chi connectivity index (χ0n) is 10.2. The molecule has 4 heteroatoms. The lowest BCUT2D eigenvalue weighted by Crippen LogP contribution is -2.07. The zero-order chi connectivity index (χ0) is 13.4. The molecule has 0 aromatic heterocycles. The van der Waals surface area contributed by atoms with Gasteiger partial charge in [0.15, 0.2) is 0 Å². The highest BCUT2D eigenvalue weighted by Gasteiger charge is 2.10. The first-order chi connectivity index (χ1) is 8.67. The van der Waals surface area contributed by atoms with Crippen LogP contribution in [0.25, 0.3) is 6.08 Å². The second-order valence-corrected chi connectivity index (χ2v) is 3.75. The number of ether oxygens (including phenoxy) is 1. The number of carbonyl (C=O) groups excluding carboxylic acids is 1. The number of esters is 1. The second-order valence-electron chi connectivity index (χ2n) is 3.75. The molecule has 0 aliphatic heterocycles. The summed E-state index contributed by atoms with van der Waals surface area (Å²) in [5.41, 5.74) is 0.510. The number of phenols is 1. The van der Waals surface area contributed by atoms with Crippen LogP contribution in [0.3, 0.4) is 0 Å². The van der Waals surface area contributed by atoms with Gasteiger partial charge in [0.1, 0.15) is 17.4 Å². The number of nitrogens with zero attached hydrogens (tertiary/aromatic N) is 1. The molecule has 1 rings (SSSR count). The predicted molar refractivity (Wildman–Crippen MR) is 67.6 cm³/mol. The van der Waals surface area contributed by atoms with E-state index in [1.165, 1.54) is 18.2 Å². The highest BCUT2D eigenvalue weighted by Crippen LogP contribution is 2.14. The number of hydrogen-bond acceptors (Lipinski definition) is 4. The Labute approximate surface area is 106 Å². The number of hydrogen-bond donors (Lipinski definition) is 1. The van der Waals surface area contributed by atoms with E-state index in [0.717, 1.165) is 12.8 Å². The van der Waals surface area contributed by atoms with Gasteiger partial charge >= 0.3 is 5.97 Å². The summed E-state index contributed by atoms with van der Waals surface area (Å²) >= 11 is 0. The third kappa shape index (κ3) is 4.30. The number of aromatic hydroxyl groups is 1. The van der Waals surface area contributed by atoms with Crippen LogP contribution in [-0.4, -0.2) is 17.7 Å². The van der Waals surface area contributed by atoms with Crippen molar-refractivity contribution < 1.29 is 14.6 Å². The highest BCUT2D eigenvalue weighted by molar-refractivity contribution is 5.97. The van der Waals surface area contributed by atoms with Gasteiger partial charge in [-0.2, -0.15) is 5.26 Å². The molecule has 0 amide bonds. The monoisotopic (exact) mass is 245 g/mol. The fourth-order valence-corrected chi connectivity index (χ4v) is 1.31. The van der Waals surface area contributed by atoms with Crippen molar-refractivity contribution in [2.24, 2.45) is 0 Å². The molecule has 18 heavy (non-hydrogen) atoms. The summed E-state index contributed by atoms with van der Waals surface area (Å²) in [7, 11) is 0. The van der Waals surface area contributed by atoms with E-state index in [1.54, 1.807) is 18.2 Å². The maximum atomic E-state index is 11.6. The summed E-state index contributed by atoms with van der Waals surface area (Å²) in [5, 5.41) is 18.2.